The summed E-state index contributed by atoms with van der Waals surface area (Å²) in [5, 5.41) is 10.6. The summed E-state index contributed by atoms with van der Waals surface area (Å²) in [4.78, 5) is 15.3. The predicted octanol–water partition coefficient (Wildman–Crippen LogP) is 2.43. The Bertz CT molecular complexity index is 883. The zero-order valence-corrected chi connectivity index (χ0v) is 16.2. The summed E-state index contributed by atoms with van der Waals surface area (Å²) in [5.41, 5.74) is 1.83. The smallest absolute Gasteiger partial charge is 0.165 e. The van der Waals surface area contributed by atoms with Crippen LogP contribution in [-0.4, -0.2) is 54.2 Å². The number of likely N-dealkylation sites (tertiary alicyclic amines) is 1. The van der Waals surface area contributed by atoms with Crippen LogP contribution in [0.2, 0.25) is 0 Å². The molecule has 27 heavy (non-hydrogen) atoms. The number of benzene rings is 1. The van der Waals surface area contributed by atoms with Gasteiger partial charge in [-0.1, -0.05) is 6.07 Å². The molecule has 1 aromatic rings. The Labute approximate surface area is 159 Å². The third-order valence-electron chi connectivity index (χ3n) is 9.12. The number of phenols is 1. The first kappa shape index (κ1) is 16.4. The fourth-order valence-electron chi connectivity index (χ4n) is 8.15. The number of piperidine rings is 1. The van der Waals surface area contributed by atoms with E-state index in [9.17, 15) is 9.90 Å². The van der Waals surface area contributed by atoms with Gasteiger partial charge in [-0.2, -0.15) is 0 Å². The van der Waals surface area contributed by atoms with E-state index >= 15 is 0 Å². The number of aromatic hydroxyl groups is 1. The van der Waals surface area contributed by atoms with E-state index in [0.717, 1.165) is 38.6 Å². The van der Waals surface area contributed by atoms with E-state index in [4.69, 9.17) is 9.47 Å². The van der Waals surface area contributed by atoms with Crippen LogP contribution in [0, 0.1) is 11.3 Å². The van der Waals surface area contributed by atoms with Crippen LogP contribution < -0.4 is 4.74 Å². The Kier molecular flexibility index (Phi) is 2.84. The van der Waals surface area contributed by atoms with Gasteiger partial charge in [0.05, 0.1) is 5.92 Å². The first-order valence-corrected chi connectivity index (χ1v) is 10.2. The molecular weight excluding hydrogens is 342 g/mol. The molecule has 2 aliphatic heterocycles. The second kappa shape index (κ2) is 4.69. The maximum absolute atomic E-state index is 12.8. The van der Waals surface area contributed by atoms with Gasteiger partial charge in [0.15, 0.2) is 11.5 Å². The molecule has 7 rings (SSSR count). The van der Waals surface area contributed by atoms with Gasteiger partial charge in [-0.05, 0) is 64.3 Å². The first-order chi connectivity index (χ1) is 12.9. The highest BCUT2D eigenvalue weighted by atomic mass is 16.6. The van der Waals surface area contributed by atoms with Crippen molar-refractivity contribution in [1.29, 1.82) is 0 Å². The maximum Gasteiger partial charge on any atom is 0.165 e. The average molecular weight is 369 g/mol. The highest BCUT2D eigenvalue weighted by Gasteiger charge is 2.80. The van der Waals surface area contributed by atoms with Gasteiger partial charge in [0, 0.05) is 29.5 Å². The van der Waals surface area contributed by atoms with E-state index in [1.807, 2.05) is 0 Å². The van der Waals surface area contributed by atoms with Gasteiger partial charge in [-0.3, -0.25) is 4.79 Å². The van der Waals surface area contributed by atoms with Crippen LogP contribution in [0.25, 0.3) is 0 Å². The molecule has 5 unspecified atom stereocenters. The molecule has 4 fully saturated rings. The van der Waals surface area contributed by atoms with Gasteiger partial charge in [0.1, 0.15) is 17.5 Å². The van der Waals surface area contributed by atoms with Crippen molar-refractivity contribution in [3.8, 4) is 11.5 Å². The van der Waals surface area contributed by atoms with Crippen molar-refractivity contribution < 1.29 is 19.4 Å². The highest BCUT2D eigenvalue weighted by Crippen LogP contribution is 2.76. The lowest BCUT2D eigenvalue weighted by Gasteiger charge is -2.73. The maximum atomic E-state index is 12.8. The monoisotopic (exact) mass is 369 g/mol. The molecule has 0 radical (unpaired) electrons. The molecule has 4 aliphatic carbocycles. The van der Waals surface area contributed by atoms with Crippen LogP contribution in [0.5, 0.6) is 11.5 Å². The summed E-state index contributed by atoms with van der Waals surface area (Å²) < 4.78 is 12.8. The number of Topliss-reactive ketones (excluding diaryl/α,β-unsaturated/α-hetero) is 1. The van der Waals surface area contributed by atoms with Gasteiger partial charge in [0.25, 0.3) is 0 Å². The lowest BCUT2D eigenvalue weighted by molar-refractivity contribution is -0.270. The van der Waals surface area contributed by atoms with Gasteiger partial charge in [-0.25, -0.2) is 0 Å². The summed E-state index contributed by atoms with van der Waals surface area (Å²) in [6.07, 6.45) is 4.58. The van der Waals surface area contributed by atoms with Crippen LogP contribution in [0.1, 0.15) is 43.7 Å². The van der Waals surface area contributed by atoms with E-state index in [-0.39, 0.29) is 34.4 Å². The number of hydrogen-bond donors (Lipinski definition) is 1. The molecule has 144 valence electrons. The Morgan fingerprint density at radius 2 is 2.15 bits per heavy atom. The minimum Gasteiger partial charge on any atom is -0.504 e. The molecule has 2 spiro atoms. The minimum absolute atomic E-state index is 0.0212. The van der Waals surface area contributed by atoms with Crippen LogP contribution >= 0.6 is 0 Å². The molecule has 3 saturated carbocycles. The third-order valence-corrected chi connectivity index (χ3v) is 9.12. The number of nitrogens with zero attached hydrogens (tertiary/aromatic N) is 1. The van der Waals surface area contributed by atoms with Crippen molar-refractivity contribution >= 4 is 5.78 Å². The molecule has 5 nitrogen and oxygen atoms in total. The number of carbonyl (C=O) groups excluding carboxylic acids is 1. The number of hydrogen-bond acceptors (Lipinski definition) is 5. The van der Waals surface area contributed by atoms with Crippen LogP contribution in [0.3, 0.4) is 0 Å². The summed E-state index contributed by atoms with van der Waals surface area (Å²) in [5.74, 6) is 0.968. The van der Waals surface area contributed by atoms with Gasteiger partial charge < -0.3 is 19.5 Å². The van der Waals surface area contributed by atoms with E-state index in [1.165, 1.54) is 11.1 Å². The molecule has 6 atom stereocenters. The zero-order chi connectivity index (χ0) is 18.8. The predicted molar refractivity (Wildman–Crippen MR) is 99.1 cm³/mol. The van der Waals surface area contributed by atoms with Crippen LogP contribution in [0.15, 0.2) is 12.1 Å². The fourth-order valence-corrected chi connectivity index (χ4v) is 8.15. The number of methoxy groups -OCH3 is 1. The van der Waals surface area contributed by atoms with E-state index in [0.29, 0.717) is 11.8 Å². The Hall–Kier alpha value is -1.59. The molecule has 4 bridgehead atoms. The molecule has 6 aliphatic rings. The number of ketones is 1. The number of carbonyl (C=O) groups is 1. The topological polar surface area (TPSA) is 59.0 Å². The van der Waals surface area contributed by atoms with Gasteiger partial charge >= 0.3 is 0 Å². The van der Waals surface area contributed by atoms with Gasteiger partial charge in [-0.15, -0.1) is 0 Å². The van der Waals surface area contributed by atoms with Crippen molar-refractivity contribution in [2.75, 3.05) is 20.7 Å². The Balaban J connectivity index is 1.70. The third kappa shape index (κ3) is 1.47. The highest BCUT2D eigenvalue weighted by molar-refractivity contribution is 5.81. The van der Waals surface area contributed by atoms with Gasteiger partial charge in [0.2, 0.25) is 0 Å². The number of fused-ring (bicyclic) bond motifs is 2. The largest absolute Gasteiger partial charge is 0.504 e. The van der Waals surface area contributed by atoms with Crippen molar-refractivity contribution in [2.45, 2.75) is 62.2 Å². The van der Waals surface area contributed by atoms with E-state index in [1.54, 1.807) is 20.1 Å². The molecule has 1 N–H and O–H groups in total. The first-order valence-electron chi connectivity index (χ1n) is 10.2. The van der Waals surface area contributed by atoms with Crippen molar-refractivity contribution in [2.24, 2.45) is 11.3 Å². The zero-order valence-electron chi connectivity index (χ0n) is 16.2. The summed E-state index contributed by atoms with van der Waals surface area (Å²) in [6, 6.07) is 4.28. The number of likely N-dealkylation sites (N-methyl/N-ethyl adjacent to an activating group) is 1. The molecule has 2 heterocycles. The van der Waals surface area contributed by atoms with Crippen LogP contribution in [0.4, 0.5) is 0 Å². The molecule has 1 saturated heterocycles. The standard InChI is InChI=1S/C22H27NO4/c1-12(24)14-11-20-6-7-22(14,26-3)19-21(20)8-9-23(2)16(20)10-13-4-5-15(25)18(27-19)17(13)21/h4-5,14,16,19,25H,6-11H2,1-3H3/t14?,16?,19?,20?,21?,22-/m0/s1. The number of phenolic OH excluding ortho intramolecular Hbond substituents is 1. The summed E-state index contributed by atoms with van der Waals surface area (Å²) in [6.45, 7) is 2.73. The van der Waals surface area contributed by atoms with E-state index < -0.39 is 5.60 Å². The van der Waals surface area contributed by atoms with Crippen molar-refractivity contribution in [1.82, 2.24) is 4.90 Å². The van der Waals surface area contributed by atoms with Crippen molar-refractivity contribution in [3.05, 3.63) is 23.3 Å². The number of rotatable bonds is 2. The molecule has 0 aromatic heterocycles. The normalized spacial score (nSPS) is 46.1. The van der Waals surface area contributed by atoms with Crippen LogP contribution in [-0.2, 0) is 21.4 Å². The quantitative estimate of drug-likeness (QED) is 0.868. The lowest BCUT2D eigenvalue weighted by Crippen LogP contribution is -2.81. The molecule has 1 aromatic carbocycles. The second-order valence-electron chi connectivity index (χ2n) is 9.55. The average Bonchev–Trinajstić information content (AvgIpc) is 3.03. The molecule has 5 heteroatoms. The molecular formula is C22H27NO4. The molecule has 0 amide bonds. The SMILES string of the molecule is CO[C@@]12CCC3(CC1C(C)=O)C1Cc4ccc(O)c5c4C3(CCN1C)C2O5. The van der Waals surface area contributed by atoms with E-state index in [2.05, 4.69) is 18.0 Å². The Morgan fingerprint density at radius 1 is 1.33 bits per heavy atom. The van der Waals surface area contributed by atoms with Crippen molar-refractivity contribution in [3.63, 3.8) is 0 Å². The Morgan fingerprint density at radius 3 is 2.89 bits per heavy atom. The lowest BCUT2D eigenvalue weighted by atomic mass is 9.34. The summed E-state index contributed by atoms with van der Waals surface area (Å²) in [7, 11) is 3.98. The second-order valence-corrected chi connectivity index (χ2v) is 9.55. The minimum atomic E-state index is -0.589. The fraction of sp³-hybridized carbons (Fsp3) is 0.682. The summed E-state index contributed by atoms with van der Waals surface area (Å²) >= 11 is 0. The number of ether oxygens (including phenoxy) is 2.